The maximum absolute atomic E-state index is 13.0. The third-order valence-electron chi connectivity index (χ3n) is 6.30. The minimum atomic E-state index is -3.54. The van der Waals surface area contributed by atoms with Crippen LogP contribution in [0.2, 0.25) is 0 Å². The van der Waals surface area contributed by atoms with Crippen LogP contribution < -0.4 is 4.74 Å². The second-order valence-corrected chi connectivity index (χ2v) is 10.1. The van der Waals surface area contributed by atoms with Gasteiger partial charge in [0.25, 0.3) is 0 Å². The highest BCUT2D eigenvalue weighted by molar-refractivity contribution is 7.89. The third-order valence-corrected chi connectivity index (χ3v) is 8.21. The quantitative estimate of drug-likeness (QED) is 0.656. The highest BCUT2D eigenvalue weighted by atomic mass is 32.2. The van der Waals surface area contributed by atoms with Crippen LogP contribution >= 0.6 is 0 Å². The molecule has 1 aliphatic carbocycles. The molecule has 1 aromatic rings. The maximum atomic E-state index is 13.0. The molecule has 29 heavy (non-hydrogen) atoms. The fraction of sp³-hybridized carbons (Fsp3) is 0.682. The molecule has 0 radical (unpaired) electrons. The molecule has 0 aromatic heterocycles. The second-order valence-electron chi connectivity index (χ2n) is 8.18. The van der Waals surface area contributed by atoms with Crippen molar-refractivity contribution in [2.45, 2.75) is 69.2 Å². The molecule has 0 N–H and O–H groups in total. The smallest absolute Gasteiger partial charge is 0.243 e. The van der Waals surface area contributed by atoms with Crippen molar-refractivity contribution in [3.63, 3.8) is 0 Å². The average Bonchev–Trinajstić information content (AvgIpc) is 3.03. The van der Waals surface area contributed by atoms with Crippen molar-refractivity contribution in [1.82, 2.24) is 9.21 Å². The molecule has 162 valence electrons. The molecule has 0 unspecified atom stereocenters. The van der Waals surface area contributed by atoms with Gasteiger partial charge in [-0.25, -0.2) is 8.42 Å². The Hall–Kier alpha value is -1.60. The first-order chi connectivity index (χ1) is 13.9. The van der Waals surface area contributed by atoms with Gasteiger partial charge in [0.1, 0.15) is 5.75 Å². The minimum Gasteiger partial charge on any atom is -0.494 e. The lowest BCUT2D eigenvalue weighted by Gasteiger charge is -2.35. The standard InChI is InChI=1S/C22H34N2O4S/c1-3-28-20-10-12-21(13-11-20)29(26,27)24-16-14-18(15-17-24)22(25)23(2)19-8-6-4-5-7-9-19/h10-13,18-19H,3-9,14-17H2,1-2H3. The minimum absolute atomic E-state index is 0.0740. The zero-order chi connectivity index (χ0) is 20.9. The number of carbonyl (C=O) groups is 1. The predicted molar refractivity (Wildman–Crippen MR) is 113 cm³/mol. The Labute approximate surface area is 175 Å². The maximum Gasteiger partial charge on any atom is 0.243 e. The first-order valence-electron chi connectivity index (χ1n) is 10.9. The van der Waals surface area contributed by atoms with Crippen molar-refractivity contribution in [2.75, 3.05) is 26.7 Å². The molecule has 0 spiro atoms. The molecular formula is C22H34N2O4S. The van der Waals surface area contributed by atoms with Gasteiger partial charge < -0.3 is 9.64 Å². The molecule has 0 bridgehead atoms. The van der Waals surface area contributed by atoms with Crippen LogP contribution in [-0.4, -0.2) is 56.3 Å². The van der Waals surface area contributed by atoms with Gasteiger partial charge in [0.2, 0.25) is 15.9 Å². The van der Waals surface area contributed by atoms with Crippen LogP contribution in [0.1, 0.15) is 58.3 Å². The topological polar surface area (TPSA) is 66.9 Å². The Morgan fingerprint density at radius 2 is 1.62 bits per heavy atom. The van der Waals surface area contributed by atoms with Crippen LogP contribution in [0.4, 0.5) is 0 Å². The summed E-state index contributed by atoms with van der Waals surface area (Å²) in [6.07, 6.45) is 8.28. The Morgan fingerprint density at radius 1 is 1.03 bits per heavy atom. The Morgan fingerprint density at radius 3 is 2.17 bits per heavy atom. The lowest BCUT2D eigenvalue weighted by atomic mass is 9.95. The van der Waals surface area contributed by atoms with Crippen LogP contribution in [-0.2, 0) is 14.8 Å². The van der Waals surface area contributed by atoms with Crippen molar-refractivity contribution >= 4 is 15.9 Å². The summed E-state index contributed by atoms with van der Waals surface area (Å²) in [6, 6.07) is 6.91. The molecule has 1 aliphatic heterocycles. The molecule has 1 saturated carbocycles. The number of hydrogen-bond donors (Lipinski definition) is 0. The van der Waals surface area contributed by atoms with Gasteiger partial charge in [0.05, 0.1) is 11.5 Å². The van der Waals surface area contributed by atoms with Gasteiger partial charge in [-0.1, -0.05) is 25.7 Å². The fourth-order valence-electron chi connectivity index (χ4n) is 4.48. The zero-order valence-corrected chi connectivity index (χ0v) is 18.5. The molecule has 0 atom stereocenters. The first-order valence-corrected chi connectivity index (χ1v) is 12.4. The van der Waals surface area contributed by atoms with Crippen molar-refractivity contribution in [2.24, 2.45) is 5.92 Å². The molecule has 2 aliphatic rings. The van der Waals surface area contributed by atoms with E-state index in [1.165, 1.54) is 30.0 Å². The molecule has 1 aromatic carbocycles. The van der Waals surface area contributed by atoms with Gasteiger partial charge >= 0.3 is 0 Å². The summed E-state index contributed by atoms with van der Waals surface area (Å²) in [6.45, 7) is 3.22. The number of hydrogen-bond acceptors (Lipinski definition) is 4. The van der Waals surface area contributed by atoms with Crippen molar-refractivity contribution in [3.8, 4) is 5.75 Å². The second kappa shape index (κ2) is 9.94. The van der Waals surface area contributed by atoms with E-state index in [1.807, 2.05) is 18.9 Å². The Balaban J connectivity index is 1.58. The van der Waals surface area contributed by atoms with E-state index in [1.54, 1.807) is 24.3 Å². The summed E-state index contributed by atoms with van der Waals surface area (Å²) < 4.78 is 32.8. The number of sulfonamides is 1. The van der Waals surface area contributed by atoms with Gasteiger partial charge in [0, 0.05) is 32.1 Å². The summed E-state index contributed by atoms with van der Waals surface area (Å²) in [7, 11) is -1.60. The van der Waals surface area contributed by atoms with E-state index in [0.717, 1.165) is 12.8 Å². The largest absolute Gasteiger partial charge is 0.494 e. The van der Waals surface area contributed by atoms with E-state index >= 15 is 0 Å². The first kappa shape index (κ1) is 22.1. The number of carbonyl (C=O) groups excluding carboxylic acids is 1. The van der Waals surface area contributed by atoms with Crippen LogP contribution in [0.5, 0.6) is 5.75 Å². The van der Waals surface area contributed by atoms with E-state index in [0.29, 0.717) is 44.3 Å². The predicted octanol–water partition coefficient (Wildman–Crippen LogP) is 3.67. The van der Waals surface area contributed by atoms with Gasteiger partial charge in [0.15, 0.2) is 0 Å². The summed E-state index contributed by atoms with van der Waals surface area (Å²) in [5, 5.41) is 0. The van der Waals surface area contributed by atoms with Gasteiger partial charge in [-0.05, 0) is 56.9 Å². The molecular weight excluding hydrogens is 388 g/mol. The van der Waals surface area contributed by atoms with Crippen molar-refractivity contribution in [1.29, 1.82) is 0 Å². The van der Waals surface area contributed by atoms with Gasteiger partial charge in [-0.2, -0.15) is 4.31 Å². The molecule has 1 saturated heterocycles. The monoisotopic (exact) mass is 422 g/mol. The summed E-state index contributed by atoms with van der Waals surface area (Å²) >= 11 is 0. The highest BCUT2D eigenvalue weighted by Crippen LogP contribution is 2.28. The highest BCUT2D eigenvalue weighted by Gasteiger charge is 2.34. The van der Waals surface area contributed by atoms with Crippen LogP contribution in [0, 0.1) is 5.92 Å². The van der Waals surface area contributed by atoms with E-state index in [2.05, 4.69) is 0 Å². The summed E-state index contributed by atoms with van der Waals surface area (Å²) in [4.78, 5) is 15.2. The Kier molecular flexibility index (Phi) is 7.57. The molecule has 6 nitrogen and oxygen atoms in total. The summed E-state index contributed by atoms with van der Waals surface area (Å²) in [5.41, 5.74) is 0. The van der Waals surface area contributed by atoms with Crippen molar-refractivity contribution < 1.29 is 17.9 Å². The fourth-order valence-corrected chi connectivity index (χ4v) is 5.95. The number of rotatable bonds is 6. The molecule has 3 rings (SSSR count). The average molecular weight is 423 g/mol. The van der Waals surface area contributed by atoms with E-state index < -0.39 is 10.0 Å². The molecule has 1 amide bonds. The SMILES string of the molecule is CCOc1ccc(S(=O)(=O)N2CCC(C(=O)N(C)C3CCCCCC3)CC2)cc1. The number of piperidine rings is 1. The zero-order valence-electron chi connectivity index (χ0n) is 17.7. The van der Waals surface area contributed by atoms with Crippen LogP contribution in [0.3, 0.4) is 0 Å². The molecule has 1 heterocycles. The van der Waals surface area contributed by atoms with Crippen LogP contribution in [0.25, 0.3) is 0 Å². The van der Waals surface area contributed by atoms with Crippen LogP contribution in [0.15, 0.2) is 29.2 Å². The van der Waals surface area contributed by atoms with Crippen molar-refractivity contribution in [3.05, 3.63) is 24.3 Å². The van der Waals surface area contributed by atoms with Gasteiger partial charge in [-0.15, -0.1) is 0 Å². The lowest BCUT2D eigenvalue weighted by Crippen LogP contribution is -2.46. The lowest BCUT2D eigenvalue weighted by molar-refractivity contribution is -0.137. The van der Waals surface area contributed by atoms with E-state index in [4.69, 9.17) is 4.74 Å². The number of benzene rings is 1. The third kappa shape index (κ3) is 5.31. The number of ether oxygens (including phenoxy) is 1. The van der Waals surface area contributed by atoms with E-state index in [-0.39, 0.29) is 16.7 Å². The Bertz CT molecular complexity index is 763. The van der Waals surface area contributed by atoms with Gasteiger partial charge in [-0.3, -0.25) is 4.79 Å². The molecule has 7 heteroatoms. The number of nitrogens with zero attached hydrogens (tertiary/aromatic N) is 2. The number of amides is 1. The normalized spacial score (nSPS) is 20.2. The van der Waals surface area contributed by atoms with E-state index in [9.17, 15) is 13.2 Å². The molecule has 2 fully saturated rings. The summed E-state index contributed by atoms with van der Waals surface area (Å²) in [5.74, 6) is 0.780.